The third-order valence-corrected chi connectivity index (χ3v) is 6.47. The number of carbonyl (C=O) groups excluding carboxylic acids is 2. The fourth-order valence-electron chi connectivity index (χ4n) is 3.39. The largest absolute Gasteiger partial charge is 0.420 e. The summed E-state index contributed by atoms with van der Waals surface area (Å²) in [6.45, 7) is -1.24. The highest BCUT2D eigenvalue weighted by molar-refractivity contribution is 9.10. The number of alkyl halides is 3. The lowest BCUT2D eigenvalue weighted by Gasteiger charge is -2.35. The molecule has 1 atom stereocenters. The predicted octanol–water partition coefficient (Wildman–Crippen LogP) is 4.20. The molecule has 14 heteroatoms. The lowest BCUT2D eigenvalue weighted by atomic mass is 10.0. The lowest BCUT2D eigenvalue weighted by Crippen LogP contribution is -2.60. The SMILES string of the molecule is CCN(CC(O)(CNC(=O)c1cnn(-c2ccc(F)cc2)c1N)C(F)(F)F)C(=O)c1c(Cl)cccc1Br. The van der Waals surface area contributed by atoms with E-state index in [9.17, 15) is 32.3 Å². The molecule has 198 valence electrons. The average Bonchev–Trinajstić information content (AvgIpc) is 3.21. The van der Waals surface area contributed by atoms with Gasteiger partial charge in [-0.05, 0) is 59.3 Å². The van der Waals surface area contributed by atoms with Gasteiger partial charge in [0, 0.05) is 11.0 Å². The maximum absolute atomic E-state index is 14.0. The van der Waals surface area contributed by atoms with Gasteiger partial charge in [-0.3, -0.25) is 9.59 Å². The minimum Gasteiger partial charge on any atom is -0.383 e. The molecule has 37 heavy (non-hydrogen) atoms. The third-order valence-electron chi connectivity index (χ3n) is 5.49. The van der Waals surface area contributed by atoms with Crippen molar-refractivity contribution in [2.45, 2.75) is 18.7 Å². The van der Waals surface area contributed by atoms with Crippen LogP contribution in [-0.2, 0) is 0 Å². The predicted molar refractivity (Wildman–Crippen MR) is 132 cm³/mol. The fraction of sp³-hybridized carbons (Fsp3) is 0.261. The van der Waals surface area contributed by atoms with Gasteiger partial charge in [-0.25, -0.2) is 9.07 Å². The van der Waals surface area contributed by atoms with Gasteiger partial charge in [0.2, 0.25) is 0 Å². The molecule has 3 aromatic rings. The highest BCUT2D eigenvalue weighted by Gasteiger charge is 2.55. The second-order valence-electron chi connectivity index (χ2n) is 7.96. The molecule has 3 rings (SSSR count). The van der Waals surface area contributed by atoms with Gasteiger partial charge in [0.25, 0.3) is 11.8 Å². The first-order valence-electron chi connectivity index (χ1n) is 10.7. The molecule has 1 aromatic heterocycles. The summed E-state index contributed by atoms with van der Waals surface area (Å²) in [5.41, 5.74) is 2.39. The van der Waals surface area contributed by atoms with Crippen molar-refractivity contribution in [3.05, 3.63) is 75.1 Å². The highest BCUT2D eigenvalue weighted by Crippen LogP contribution is 2.33. The van der Waals surface area contributed by atoms with E-state index in [-0.39, 0.29) is 33.0 Å². The number of hydrogen-bond acceptors (Lipinski definition) is 5. The Labute approximate surface area is 222 Å². The van der Waals surface area contributed by atoms with Gasteiger partial charge >= 0.3 is 6.18 Å². The summed E-state index contributed by atoms with van der Waals surface area (Å²) in [5, 5.41) is 16.5. The molecule has 2 amide bonds. The van der Waals surface area contributed by atoms with Crippen LogP contribution in [0.15, 0.2) is 53.1 Å². The van der Waals surface area contributed by atoms with Gasteiger partial charge in [0.1, 0.15) is 17.2 Å². The number of amides is 2. The molecular formula is C23H21BrClF4N5O3. The van der Waals surface area contributed by atoms with Crippen LogP contribution in [0.25, 0.3) is 5.69 Å². The maximum Gasteiger partial charge on any atom is 0.420 e. The van der Waals surface area contributed by atoms with Crippen molar-refractivity contribution in [3.8, 4) is 5.69 Å². The van der Waals surface area contributed by atoms with Crippen LogP contribution in [0.5, 0.6) is 0 Å². The van der Waals surface area contributed by atoms with E-state index in [1.807, 2.05) is 5.32 Å². The summed E-state index contributed by atoms with van der Waals surface area (Å²) in [5.74, 6) is -2.62. The topological polar surface area (TPSA) is 113 Å². The van der Waals surface area contributed by atoms with Crippen molar-refractivity contribution >= 4 is 45.2 Å². The Bertz CT molecular complexity index is 1280. The number of nitrogen functional groups attached to an aromatic ring is 1. The van der Waals surface area contributed by atoms with E-state index in [2.05, 4.69) is 21.0 Å². The molecule has 4 N–H and O–H groups in total. The average molecular weight is 607 g/mol. The van der Waals surface area contributed by atoms with Crippen LogP contribution < -0.4 is 11.1 Å². The number of aliphatic hydroxyl groups is 1. The molecule has 8 nitrogen and oxygen atoms in total. The zero-order valence-electron chi connectivity index (χ0n) is 19.2. The van der Waals surface area contributed by atoms with Gasteiger partial charge in [-0.2, -0.15) is 18.3 Å². The third kappa shape index (κ3) is 6.05. The smallest absolute Gasteiger partial charge is 0.383 e. The van der Waals surface area contributed by atoms with E-state index in [0.29, 0.717) is 5.69 Å². The maximum atomic E-state index is 14.0. The molecule has 0 bridgehead atoms. The molecule has 0 aliphatic carbocycles. The number of likely N-dealkylation sites (N-methyl/N-ethyl adjacent to an activating group) is 1. The van der Waals surface area contributed by atoms with Crippen LogP contribution in [0.2, 0.25) is 5.02 Å². The second kappa shape index (κ2) is 11.1. The molecule has 0 aliphatic heterocycles. The van der Waals surface area contributed by atoms with Gasteiger partial charge in [0.15, 0.2) is 5.60 Å². The molecule has 0 saturated heterocycles. The summed E-state index contributed by atoms with van der Waals surface area (Å²) >= 11 is 9.23. The van der Waals surface area contributed by atoms with E-state index in [0.717, 1.165) is 27.9 Å². The number of benzene rings is 2. The molecule has 1 unspecified atom stereocenters. The van der Waals surface area contributed by atoms with E-state index in [4.69, 9.17) is 17.3 Å². The first-order chi connectivity index (χ1) is 17.3. The number of halogens is 6. The van der Waals surface area contributed by atoms with Crippen LogP contribution in [0.4, 0.5) is 23.4 Å². The van der Waals surface area contributed by atoms with Crippen molar-refractivity contribution in [2.24, 2.45) is 0 Å². The van der Waals surface area contributed by atoms with Crippen LogP contribution in [0.1, 0.15) is 27.6 Å². The number of carbonyl (C=O) groups is 2. The lowest BCUT2D eigenvalue weighted by molar-refractivity contribution is -0.259. The highest BCUT2D eigenvalue weighted by atomic mass is 79.9. The number of nitrogens with two attached hydrogens (primary N) is 1. The van der Waals surface area contributed by atoms with E-state index >= 15 is 0 Å². The summed E-state index contributed by atoms with van der Waals surface area (Å²) in [6.07, 6.45) is -4.20. The molecule has 2 aromatic carbocycles. The number of nitrogens with zero attached hydrogens (tertiary/aromatic N) is 3. The van der Waals surface area contributed by atoms with Gasteiger partial charge in [-0.1, -0.05) is 17.7 Å². The van der Waals surface area contributed by atoms with Crippen LogP contribution in [0, 0.1) is 5.82 Å². The molecule has 0 saturated carbocycles. The number of rotatable bonds is 8. The van der Waals surface area contributed by atoms with Crippen molar-refractivity contribution in [3.63, 3.8) is 0 Å². The van der Waals surface area contributed by atoms with Crippen LogP contribution in [0.3, 0.4) is 0 Å². The first-order valence-corrected chi connectivity index (χ1v) is 11.9. The van der Waals surface area contributed by atoms with E-state index < -0.39 is 42.5 Å². The molecular weight excluding hydrogens is 586 g/mol. The van der Waals surface area contributed by atoms with Gasteiger partial charge in [-0.15, -0.1) is 0 Å². The Morgan fingerprint density at radius 2 is 1.86 bits per heavy atom. The molecule has 0 radical (unpaired) electrons. The molecule has 0 fully saturated rings. The Hall–Kier alpha value is -3.16. The second-order valence-corrected chi connectivity index (χ2v) is 9.22. The number of anilines is 1. The number of aromatic nitrogens is 2. The van der Waals surface area contributed by atoms with E-state index in [1.165, 1.54) is 31.2 Å². The monoisotopic (exact) mass is 605 g/mol. The van der Waals surface area contributed by atoms with E-state index in [1.54, 1.807) is 6.07 Å². The Morgan fingerprint density at radius 3 is 2.43 bits per heavy atom. The summed E-state index contributed by atoms with van der Waals surface area (Å²) < 4.78 is 56.4. The first kappa shape index (κ1) is 28.4. The summed E-state index contributed by atoms with van der Waals surface area (Å²) in [6, 6.07) is 9.42. The zero-order chi connectivity index (χ0) is 27.5. The standard InChI is InChI=1S/C23H21BrClF4N5O3/c1-2-33(21(36)18-16(24)4-3-5-17(18)25)12-22(37,23(27,28)29)11-31-20(35)15-10-32-34(19(15)30)14-8-6-13(26)7-9-14/h3-10,37H,2,11-12,30H2,1H3,(H,31,35). The summed E-state index contributed by atoms with van der Waals surface area (Å²) in [4.78, 5) is 26.4. The van der Waals surface area contributed by atoms with Gasteiger partial charge in [0.05, 0.1) is 35.6 Å². The minimum absolute atomic E-state index is 0.00955. The molecule has 1 heterocycles. The van der Waals surface area contributed by atoms with Crippen LogP contribution in [-0.4, -0.2) is 63.0 Å². The Morgan fingerprint density at radius 1 is 1.22 bits per heavy atom. The number of hydrogen-bond donors (Lipinski definition) is 3. The van der Waals surface area contributed by atoms with Gasteiger partial charge < -0.3 is 21.1 Å². The summed E-state index contributed by atoms with van der Waals surface area (Å²) in [7, 11) is 0. The zero-order valence-corrected chi connectivity index (χ0v) is 21.5. The van der Waals surface area contributed by atoms with Crippen molar-refractivity contribution < 1.29 is 32.3 Å². The quantitative estimate of drug-likeness (QED) is 0.333. The Kier molecular flexibility index (Phi) is 8.50. The van der Waals surface area contributed by atoms with Crippen molar-refractivity contribution in [2.75, 3.05) is 25.4 Å². The number of nitrogens with one attached hydrogen (secondary N) is 1. The minimum atomic E-state index is -5.23. The molecule has 0 aliphatic rings. The van der Waals surface area contributed by atoms with Crippen molar-refractivity contribution in [1.29, 1.82) is 0 Å². The molecule has 0 spiro atoms. The Balaban J connectivity index is 1.81. The normalized spacial score (nSPS) is 13.2. The fourth-order valence-corrected chi connectivity index (χ4v) is 4.30. The van der Waals surface area contributed by atoms with Crippen LogP contribution >= 0.6 is 27.5 Å². The van der Waals surface area contributed by atoms with Crippen molar-refractivity contribution in [1.82, 2.24) is 20.0 Å².